The molecule has 0 bridgehead atoms. The van der Waals surface area contributed by atoms with E-state index in [1.807, 2.05) is 12.1 Å². The van der Waals surface area contributed by atoms with Gasteiger partial charge in [0.1, 0.15) is 12.4 Å². The maximum Gasteiger partial charge on any atom is 0.407 e. The minimum absolute atomic E-state index is 0.263. The van der Waals surface area contributed by atoms with Gasteiger partial charge in [-0.15, -0.1) is 0 Å². The van der Waals surface area contributed by atoms with Crippen LogP contribution >= 0.6 is 31.9 Å². The van der Waals surface area contributed by atoms with Crippen LogP contribution in [-0.2, 0) is 15.9 Å². The second-order valence-electron chi connectivity index (χ2n) is 4.78. The molecule has 1 aliphatic rings. The van der Waals surface area contributed by atoms with Gasteiger partial charge in [-0.3, -0.25) is 0 Å². The van der Waals surface area contributed by atoms with Crippen LogP contribution in [-0.4, -0.2) is 45.1 Å². The number of halogens is 2. The minimum Gasteiger partial charge on any atom is -0.487 e. The normalized spacial score (nSPS) is 16.5. The lowest BCUT2D eigenvalue weighted by atomic mass is 10.1. The molecule has 1 saturated heterocycles. The molecule has 2 N–H and O–H groups in total. The first kappa shape index (κ1) is 17.9. The smallest absolute Gasteiger partial charge is 0.407 e. The van der Waals surface area contributed by atoms with Gasteiger partial charge >= 0.3 is 12.2 Å². The Morgan fingerprint density at radius 3 is 2.70 bits per heavy atom. The second kappa shape index (κ2) is 8.39. The highest BCUT2D eigenvalue weighted by molar-refractivity contribution is 9.11. The fourth-order valence-electron chi connectivity index (χ4n) is 1.98. The van der Waals surface area contributed by atoms with Gasteiger partial charge < -0.3 is 24.8 Å². The van der Waals surface area contributed by atoms with E-state index in [-0.39, 0.29) is 12.7 Å². The number of rotatable bonds is 6. The van der Waals surface area contributed by atoms with Crippen LogP contribution < -0.4 is 15.4 Å². The molecule has 7 nitrogen and oxygen atoms in total. The lowest BCUT2D eigenvalue weighted by molar-refractivity contribution is 0.104. The number of carbonyl (C=O) groups is 2. The molecule has 1 atom stereocenters. The van der Waals surface area contributed by atoms with Gasteiger partial charge in [-0.25, -0.2) is 9.59 Å². The van der Waals surface area contributed by atoms with Gasteiger partial charge in [0.2, 0.25) is 0 Å². The number of ether oxygens (including phenoxy) is 3. The van der Waals surface area contributed by atoms with E-state index in [9.17, 15) is 9.59 Å². The Labute approximate surface area is 150 Å². The lowest BCUT2D eigenvalue weighted by Crippen LogP contribution is -2.25. The molecule has 2 rings (SSSR count). The molecule has 2 amide bonds. The summed E-state index contributed by atoms with van der Waals surface area (Å²) in [5, 5.41) is 5.19. The molecule has 1 aromatic carbocycles. The van der Waals surface area contributed by atoms with Gasteiger partial charge in [-0.2, -0.15) is 0 Å². The van der Waals surface area contributed by atoms with Gasteiger partial charge in [0, 0.05) is 6.54 Å². The maximum atomic E-state index is 11.0. The summed E-state index contributed by atoms with van der Waals surface area (Å²) in [6, 6.07) is 3.83. The van der Waals surface area contributed by atoms with Crippen LogP contribution in [0.2, 0.25) is 0 Å². The number of benzene rings is 1. The van der Waals surface area contributed by atoms with Crippen molar-refractivity contribution < 1.29 is 23.8 Å². The molecule has 1 fully saturated rings. The molecule has 0 saturated carbocycles. The summed E-state index contributed by atoms with van der Waals surface area (Å²) in [4.78, 5) is 22.0. The van der Waals surface area contributed by atoms with Crippen LogP contribution in [0, 0.1) is 0 Å². The number of carbonyl (C=O) groups excluding carboxylic acids is 2. The highest BCUT2D eigenvalue weighted by atomic mass is 79.9. The Kier molecular flexibility index (Phi) is 6.52. The molecule has 1 heterocycles. The molecule has 126 valence electrons. The second-order valence-corrected chi connectivity index (χ2v) is 6.48. The first-order valence-corrected chi connectivity index (χ1v) is 8.45. The van der Waals surface area contributed by atoms with Crippen molar-refractivity contribution in [2.75, 3.05) is 26.8 Å². The fourth-order valence-corrected chi connectivity index (χ4v) is 3.49. The SMILES string of the molecule is COC(=O)NCCc1cc(Br)c(OC[C@@H]2CNC(=O)O2)c(Br)c1. The third-order valence-electron chi connectivity index (χ3n) is 3.09. The average molecular weight is 452 g/mol. The van der Waals surface area contributed by atoms with E-state index in [1.165, 1.54) is 7.11 Å². The van der Waals surface area contributed by atoms with Crippen molar-refractivity contribution in [3.63, 3.8) is 0 Å². The lowest BCUT2D eigenvalue weighted by Gasteiger charge is -2.14. The molecular formula is C14H16Br2N2O5. The molecule has 9 heteroatoms. The quantitative estimate of drug-likeness (QED) is 0.694. The fraction of sp³-hybridized carbons (Fsp3) is 0.429. The van der Waals surface area contributed by atoms with E-state index >= 15 is 0 Å². The summed E-state index contributed by atoms with van der Waals surface area (Å²) in [5.74, 6) is 0.637. The van der Waals surface area contributed by atoms with Crippen LogP contribution in [0.3, 0.4) is 0 Å². The van der Waals surface area contributed by atoms with Gasteiger partial charge in [0.15, 0.2) is 6.10 Å². The first-order chi connectivity index (χ1) is 11.0. The molecule has 0 unspecified atom stereocenters. The van der Waals surface area contributed by atoms with Gasteiger partial charge in [0.05, 0.1) is 22.6 Å². The Balaban J connectivity index is 1.91. The Morgan fingerprint density at radius 1 is 1.43 bits per heavy atom. The Hall–Kier alpha value is -1.48. The summed E-state index contributed by atoms with van der Waals surface area (Å²) in [6.45, 7) is 1.17. The minimum atomic E-state index is -0.456. The number of methoxy groups -OCH3 is 1. The number of amides is 2. The van der Waals surface area contributed by atoms with E-state index in [0.29, 0.717) is 25.3 Å². The maximum absolute atomic E-state index is 11.0. The van der Waals surface area contributed by atoms with Gasteiger partial charge in [-0.05, 0) is 56.0 Å². The molecular weight excluding hydrogens is 436 g/mol. The summed E-state index contributed by atoms with van der Waals surface area (Å²) >= 11 is 6.93. The highest BCUT2D eigenvalue weighted by Crippen LogP contribution is 2.35. The first-order valence-electron chi connectivity index (χ1n) is 6.86. The topological polar surface area (TPSA) is 85.9 Å². The third-order valence-corrected chi connectivity index (χ3v) is 4.27. The zero-order valence-corrected chi connectivity index (χ0v) is 15.5. The number of nitrogens with one attached hydrogen (secondary N) is 2. The van der Waals surface area contributed by atoms with Crippen LogP contribution in [0.1, 0.15) is 5.56 Å². The van der Waals surface area contributed by atoms with Crippen molar-refractivity contribution in [3.05, 3.63) is 26.6 Å². The van der Waals surface area contributed by atoms with E-state index in [0.717, 1.165) is 14.5 Å². The monoisotopic (exact) mass is 450 g/mol. The van der Waals surface area contributed by atoms with Crippen LogP contribution in [0.5, 0.6) is 5.75 Å². The largest absolute Gasteiger partial charge is 0.487 e. The number of hydrogen-bond acceptors (Lipinski definition) is 5. The Morgan fingerprint density at radius 2 is 2.13 bits per heavy atom. The Bertz CT molecular complexity index is 574. The summed E-state index contributed by atoms with van der Waals surface area (Å²) < 4.78 is 16.8. The van der Waals surface area contributed by atoms with Crippen molar-refractivity contribution in [2.45, 2.75) is 12.5 Å². The summed E-state index contributed by atoms with van der Waals surface area (Å²) in [7, 11) is 1.33. The number of hydrogen-bond donors (Lipinski definition) is 2. The molecule has 1 aromatic rings. The summed E-state index contributed by atoms with van der Waals surface area (Å²) in [6.07, 6.45) is -0.533. The predicted molar refractivity (Wildman–Crippen MR) is 89.7 cm³/mol. The predicted octanol–water partition coefficient (Wildman–Crippen LogP) is 2.60. The van der Waals surface area contributed by atoms with E-state index < -0.39 is 12.2 Å². The number of cyclic esters (lactones) is 1. The zero-order valence-electron chi connectivity index (χ0n) is 12.4. The molecule has 0 aliphatic carbocycles. The van der Waals surface area contributed by atoms with Crippen molar-refractivity contribution in [1.82, 2.24) is 10.6 Å². The summed E-state index contributed by atoms with van der Waals surface area (Å²) in [5.41, 5.74) is 1.02. The van der Waals surface area contributed by atoms with Crippen molar-refractivity contribution in [3.8, 4) is 5.75 Å². The van der Waals surface area contributed by atoms with E-state index in [4.69, 9.17) is 9.47 Å². The third kappa shape index (κ3) is 5.28. The molecule has 23 heavy (non-hydrogen) atoms. The standard InChI is InChI=1S/C14H16Br2N2O5/c1-21-13(19)17-3-2-8-4-10(15)12(11(16)5-8)22-7-9-6-18-14(20)23-9/h4-5,9H,2-3,6-7H2,1H3,(H,17,19)(H,18,20)/t9-/m0/s1. The van der Waals surface area contributed by atoms with Crippen LogP contribution in [0.4, 0.5) is 9.59 Å². The van der Waals surface area contributed by atoms with Crippen molar-refractivity contribution >= 4 is 44.0 Å². The van der Waals surface area contributed by atoms with Crippen molar-refractivity contribution in [1.29, 1.82) is 0 Å². The molecule has 0 aromatic heterocycles. The number of alkyl carbamates (subject to hydrolysis) is 2. The van der Waals surface area contributed by atoms with Gasteiger partial charge in [-0.1, -0.05) is 0 Å². The van der Waals surface area contributed by atoms with Crippen molar-refractivity contribution in [2.24, 2.45) is 0 Å². The van der Waals surface area contributed by atoms with E-state index in [1.54, 1.807) is 0 Å². The molecule has 0 spiro atoms. The highest BCUT2D eigenvalue weighted by Gasteiger charge is 2.23. The van der Waals surface area contributed by atoms with Crippen LogP contribution in [0.25, 0.3) is 0 Å². The average Bonchev–Trinajstić information content (AvgIpc) is 2.91. The van der Waals surface area contributed by atoms with Gasteiger partial charge in [0.25, 0.3) is 0 Å². The zero-order chi connectivity index (χ0) is 16.8. The molecule has 0 radical (unpaired) electrons. The van der Waals surface area contributed by atoms with E-state index in [2.05, 4.69) is 47.2 Å². The molecule has 1 aliphatic heterocycles. The van der Waals surface area contributed by atoms with Crippen LogP contribution in [0.15, 0.2) is 21.1 Å².